The maximum absolute atomic E-state index is 12.3. The van der Waals surface area contributed by atoms with E-state index in [0.717, 1.165) is 25.9 Å². The van der Waals surface area contributed by atoms with E-state index in [-0.39, 0.29) is 24.1 Å². The van der Waals surface area contributed by atoms with Gasteiger partial charge in [-0.25, -0.2) is 4.79 Å². The number of benzene rings is 1. The number of hydrogen-bond acceptors (Lipinski definition) is 4. The number of esters is 1. The van der Waals surface area contributed by atoms with Crippen LogP contribution in [0.15, 0.2) is 24.3 Å². The number of halogens is 1. The van der Waals surface area contributed by atoms with E-state index in [4.69, 9.17) is 0 Å². The van der Waals surface area contributed by atoms with Gasteiger partial charge < -0.3 is 10.1 Å². The second kappa shape index (κ2) is 7.26. The lowest BCUT2D eigenvalue weighted by Crippen LogP contribution is -2.31. The minimum absolute atomic E-state index is 0. The molecule has 0 unspecified atom stereocenters. The van der Waals surface area contributed by atoms with Crippen molar-refractivity contribution in [2.45, 2.75) is 12.8 Å². The molecule has 19 heavy (non-hydrogen) atoms. The molecule has 0 amide bonds. The van der Waals surface area contributed by atoms with E-state index in [9.17, 15) is 9.59 Å². The van der Waals surface area contributed by atoms with Crippen molar-refractivity contribution in [1.82, 2.24) is 5.32 Å². The lowest BCUT2D eigenvalue weighted by Gasteiger charge is -2.21. The van der Waals surface area contributed by atoms with Crippen molar-refractivity contribution in [2.24, 2.45) is 5.92 Å². The molecule has 1 saturated heterocycles. The van der Waals surface area contributed by atoms with Crippen LogP contribution in [0.3, 0.4) is 0 Å². The molecule has 1 N–H and O–H groups in total. The fourth-order valence-corrected chi connectivity index (χ4v) is 2.24. The average Bonchev–Trinajstić information content (AvgIpc) is 2.46. The first-order chi connectivity index (χ1) is 8.72. The highest BCUT2D eigenvalue weighted by atomic mass is 35.5. The molecule has 104 valence electrons. The second-order valence-corrected chi connectivity index (χ2v) is 4.46. The zero-order valence-electron chi connectivity index (χ0n) is 10.8. The summed E-state index contributed by atoms with van der Waals surface area (Å²) in [4.78, 5) is 23.7. The van der Waals surface area contributed by atoms with E-state index in [1.165, 1.54) is 7.11 Å². The van der Waals surface area contributed by atoms with Gasteiger partial charge in [0.05, 0.1) is 12.7 Å². The van der Waals surface area contributed by atoms with Crippen LogP contribution in [0.5, 0.6) is 0 Å². The fraction of sp³-hybridized carbons (Fsp3) is 0.429. The molecule has 0 radical (unpaired) electrons. The highest BCUT2D eigenvalue weighted by Gasteiger charge is 2.22. The third kappa shape index (κ3) is 3.78. The molecule has 1 aliphatic heterocycles. The van der Waals surface area contributed by atoms with Gasteiger partial charge in [-0.15, -0.1) is 12.4 Å². The molecule has 4 nitrogen and oxygen atoms in total. The number of carbonyl (C=O) groups excluding carboxylic acids is 2. The van der Waals surface area contributed by atoms with Crippen LogP contribution < -0.4 is 5.32 Å². The first-order valence-corrected chi connectivity index (χ1v) is 6.15. The molecular weight excluding hydrogens is 266 g/mol. The first-order valence-electron chi connectivity index (χ1n) is 6.15. The van der Waals surface area contributed by atoms with Gasteiger partial charge in [0.25, 0.3) is 0 Å². The van der Waals surface area contributed by atoms with E-state index < -0.39 is 5.97 Å². The van der Waals surface area contributed by atoms with E-state index >= 15 is 0 Å². The number of Topliss-reactive ketones (excluding diaryl/α,β-unsaturated/α-hetero) is 1. The van der Waals surface area contributed by atoms with Gasteiger partial charge in [0.15, 0.2) is 5.78 Å². The minimum atomic E-state index is -0.407. The lowest BCUT2D eigenvalue weighted by molar-refractivity contribution is 0.0600. The third-order valence-corrected chi connectivity index (χ3v) is 3.28. The van der Waals surface area contributed by atoms with Crippen LogP contribution in [-0.4, -0.2) is 32.0 Å². The van der Waals surface area contributed by atoms with E-state index in [2.05, 4.69) is 10.1 Å². The number of piperidine rings is 1. The number of rotatable bonds is 3. The smallest absolute Gasteiger partial charge is 0.337 e. The number of hydrogen-bond donors (Lipinski definition) is 1. The highest BCUT2D eigenvalue weighted by Crippen LogP contribution is 2.19. The lowest BCUT2D eigenvalue weighted by atomic mass is 9.89. The Labute approximate surface area is 118 Å². The second-order valence-electron chi connectivity index (χ2n) is 4.46. The van der Waals surface area contributed by atoms with Crippen LogP contribution >= 0.6 is 12.4 Å². The van der Waals surface area contributed by atoms with Crippen LogP contribution in [0, 0.1) is 5.92 Å². The van der Waals surface area contributed by atoms with Crippen LogP contribution in [0.1, 0.15) is 33.6 Å². The van der Waals surface area contributed by atoms with Crippen molar-refractivity contribution < 1.29 is 14.3 Å². The Bertz CT molecular complexity index is 456. The molecule has 1 aromatic carbocycles. The molecule has 0 aliphatic carbocycles. The number of nitrogens with one attached hydrogen (secondary N) is 1. The normalized spacial score (nSPS) is 15.4. The van der Waals surface area contributed by atoms with Gasteiger partial charge >= 0.3 is 5.97 Å². The maximum atomic E-state index is 12.3. The molecule has 0 aromatic heterocycles. The Morgan fingerprint density at radius 2 is 1.84 bits per heavy atom. The van der Waals surface area contributed by atoms with Crippen LogP contribution in [0.2, 0.25) is 0 Å². The van der Waals surface area contributed by atoms with Gasteiger partial charge in [0, 0.05) is 11.5 Å². The Hall–Kier alpha value is -1.39. The Morgan fingerprint density at radius 3 is 2.47 bits per heavy atom. The summed E-state index contributed by atoms with van der Waals surface area (Å²) in [5.74, 6) is -0.212. The SMILES string of the molecule is COC(=O)c1cccc(C(=O)C2CCNCC2)c1.Cl. The molecule has 1 heterocycles. The van der Waals surface area contributed by atoms with Gasteiger partial charge in [0.2, 0.25) is 0 Å². The Kier molecular flexibility index (Phi) is 5.99. The summed E-state index contributed by atoms with van der Waals surface area (Å²) < 4.78 is 4.66. The molecule has 1 aliphatic rings. The third-order valence-electron chi connectivity index (χ3n) is 3.28. The molecular formula is C14H18ClNO3. The monoisotopic (exact) mass is 283 g/mol. The molecule has 0 saturated carbocycles. The molecule has 5 heteroatoms. The first kappa shape index (κ1) is 15.7. The zero-order chi connectivity index (χ0) is 13.0. The fourth-order valence-electron chi connectivity index (χ4n) is 2.24. The van der Waals surface area contributed by atoms with Crippen LogP contribution in [0.4, 0.5) is 0 Å². The summed E-state index contributed by atoms with van der Waals surface area (Å²) in [6, 6.07) is 6.76. The standard InChI is InChI=1S/C14H17NO3.ClH/c1-18-14(17)12-4-2-3-11(9-12)13(16)10-5-7-15-8-6-10;/h2-4,9-10,15H,5-8H2,1H3;1H. The highest BCUT2D eigenvalue weighted by molar-refractivity contribution is 6.00. The quantitative estimate of drug-likeness (QED) is 0.682. The van der Waals surface area contributed by atoms with Crippen LogP contribution in [0.25, 0.3) is 0 Å². The number of methoxy groups -OCH3 is 1. The van der Waals surface area contributed by atoms with Crippen LogP contribution in [-0.2, 0) is 4.74 Å². The predicted octanol–water partition coefficient (Wildman–Crippen LogP) is 2.08. The molecule has 1 aromatic rings. The summed E-state index contributed by atoms with van der Waals surface area (Å²) >= 11 is 0. The maximum Gasteiger partial charge on any atom is 0.337 e. The summed E-state index contributed by atoms with van der Waals surface area (Å²) in [6.45, 7) is 1.76. The van der Waals surface area contributed by atoms with Gasteiger partial charge in [-0.05, 0) is 38.1 Å². The summed E-state index contributed by atoms with van der Waals surface area (Å²) in [5, 5.41) is 3.23. The van der Waals surface area contributed by atoms with Crippen molar-refractivity contribution in [2.75, 3.05) is 20.2 Å². The van der Waals surface area contributed by atoms with Gasteiger partial charge in [-0.3, -0.25) is 4.79 Å². The van der Waals surface area contributed by atoms with E-state index in [1.807, 2.05) is 0 Å². The number of carbonyl (C=O) groups is 2. The number of ether oxygens (including phenoxy) is 1. The van der Waals surface area contributed by atoms with E-state index in [1.54, 1.807) is 24.3 Å². The number of ketones is 1. The van der Waals surface area contributed by atoms with Crippen molar-refractivity contribution in [3.05, 3.63) is 35.4 Å². The summed E-state index contributed by atoms with van der Waals surface area (Å²) in [5.41, 5.74) is 1.03. The Balaban J connectivity index is 0.00000180. The molecule has 2 rings (SSSR count). The van der Waals surface area contributed by atoms with Gasteiger partial charge in [-0.2, -0.15) is 0 Å². The molecule has 0 bridgehead atoms. The van der Waals surface area contributed by atoms with Gasteiger partial charge in [0.1, 0.15) is 0 Å². The zero-order valence-corrected chi connectivity index (χ0v) is 11.7. The summed E-state index contributed by atoms with van der Waals surface area (Å²) in [7, 11) is 1.34. The summed E-state index contributed by atoms with van der Waals surface area (Å²) in [6.07, 6.45) is 1.72. The largest absolute Gasteiger partial charge is 0.465 e. The van der Waals surface area contributed by atoms with Gasteiger partial charge in [-0.1, -0.05) is 12.1 Å². The average molecular weight is 284 g/mol. The Morgan fingerprint density at radius 1 is 1.21 bits per heavy atom. The minimum Gasteiger partial charge on any atom is -0.465 e. The molecule has 1 fully saturated rings. The molecule has 0 atom stereocenters. The van der Waals surface area contributed by atoms with Crippen molar-refractivity contribution in [3.8, 4) is 0 Å². The van der Waals surface area contributed by atoms with Crippen molar-refractivity contribution in [3.63, 3.8) is 0 Å². The molecule has 0 spiro atoms. The topological polar surface area (TPSA) is 55.4 Å². The van der Waals surface area contributed by atoms with Crippen molar-refractivity contribution in [1.29, 1.82) is 0 Å². The van der Waals surface area contributed by atoms with Crippen molar-refractivity contribution >= 4 is 24.2 Å². The van der Waals surface area contributed by atoms with E-state index in [0.29, 0.717) is 11.1 Å². The predicted molar refractivity (Wildman–Crippen MR) is 75.0 cm³/mol.